The van der Waals surface area contributed by atoms with Crippen LogP contribution in [0.15, 0.2) is 17.1 Å². The maximum absolute atomic E-state index is 6.15. The van der Waals surface area contributed by atoms with E-state index >= 15 is 0 Å². The molecule has 0 radical (unpaired) electrons. The highest BCUT2D eigenvalue weighted by atomic mass is 35.5. The molecule has 0 fully saturated rings. The Kier molecular flexibility index (Phi) is 4.29. The molecule has 1 aromatic heterocycles. The van der Waals surface area contributed by atoms with E-state index in [-0.39, 0.29) is 0 Å². The summed E-state index contributed by atoms with van der Waals surface area (Å²) < 4.78 is 8.36. The summed E-state index contributed by atoms with van der Waals surface area (Å²) in [6.45, 7) is 2.71. The van der Waals surface area contributed by atoms with E-state index < -0.39 is 0 Å². The number of benzene rings is 1. The van der Waals surface area contributed by atoms with Crippen molar-refractivity contribution in [3.05, 3.63) is 17.2 Å². The molecule has 0 unspecified atom stereocenters. The van der Waals surface area contributed by atoms with Crippen LogP contribution in [0, 0.1) is 0 Å². The number of hydrogen-bond acceptors (Lipinski definition) is 5. The van der Waals surface area contributed by atoms with Crippen molar-refractivity contribution in [2.24, 2.45) is 10.8 Å². The summed E-state index contributed by atoms with van der Waals surface area (Å²) in [4.78, 5) is 4.25. The topological polar surface area (TPSA) is 88.2 Å². The van der Waals surface area contributed by atoms with Crippen molar-refractivity contribution in [1.29, 1.82) is 0 Å². The number of hydrogen-bond donors (Lipinski definition) is 3. The number of hydrazine groups is 1. The van der Waals surface area contributed by atoms with Gasteiger partial charge in [-0.25, -0.2) is 5.84 Å². The first-order valence-electron chi connectivity index (χ1n) is 5.45. The van der Waals surface area contributed by atoms with Crippen LogP contribution in [-0.2, 0) is 0 Å². The lowest BCUT2D eigenvalue weighted by molar-refractivity contribution is 0.905. The molecule has 0 aliphatic rings. The molecule has 1 aromatic carbocycles. The van der Waals surface area contributed by atoms with E-state index in [0.717, 1.165) is 23.7 Å². The van der Waals surface area contributed by atoms with Crippen molar-refractivity contribution >= 4 is 46.0 Å². The number of anilines is 1. The van der Waals surface area contributed by atoms with Crippen LogP contribution in [-0.4, -0.2) is 21.3 Å². The predicted octanol–water partition coefficient (Wildman–Crippen LogP) is 1.99. The summed E-state index contributed by atoms with van der Waals surface area (Å²) in [7, 11) is 0. The number of nitrogens with two attached hydrogens (primary N) is 1. The molecular formula is C10H13ClN6S. The van der Waals surface area contributed by atoms with Crippen molar-refractivity contribution in [2.75, 3.05) is 11.9 Å². The van der Waals surface area contributed by atoms with Crippen molar-refractivity contribution in [1.82, 2.24) is 14.2 Å². The Labute approximate surface area is 114 Å². The van der Waals surface area contributed by atoms with E-state index in [2.05, 4.69) is 24.5 Å². The summed E-state index contributed by atoms with van der Waals surface area (Å²) >= 11 is 7.28. The molecule has 0 spiro atoms. The SMILES string of the molecule is CCCN=C(NN)Nc1c(Cl)ccc2nsnc12. The van der Waals surface area contributed by atoms with Crippen molar-refractivity contribution in [3.63, 3.8) is 0 Å². The molecule has 2 rings (SSSR count). The van der Waals surface area contributed by atoms with Gasteiger partial charge in [0.15, 0.2) is 0 Å². The molecule has 2 aromatic rings. The number of aliphatic imine (C=N–C) groups is 1. The molecule has 0 saturated carbocycles. The second kappa shape index (κ2) is 5.94. The van der Waals surface area contributed by atoms with E-state index in [1.807, 2.05) is 13.0 Å². The Morgan fingerprint density at radius 1 is 1.50 bits per heavy atom. The average Bonchev–Trinajstić information content (AvgIpc) is 2.85. The third kappa shape index (κ3) is 2.69. The smallest absolute Gasteiger partial charge is 0.210 e. The summed E-state index contributed by atoms with van der Waals surface area (Å²) in [6, 6.07) is 3.59. The summed E-state index contributed by atoms with van der Waals surface area (Å²) in [6.07, 6.45) is 0.934. The number of nitrogens with one attached hydrogen (secondary N) is 2. The highest BCUT2D eigenvalue weighted by Gasteiger charge is 2.11. The Hall–Kier alpha value is -1.44. The monoisotopic (exact) mass is 284 g/mol. The fraction of sp³-hybridized carbons (Fsp3) is 0.300. The van der Waals surface area contributed by atoms with Gasteiger partial charge in [-0.15, -0.1) is 0 Å². The Balaban J connectivity index is 2.35. The third-order valence-corrected chi connectivity index (χ3v) is 3.11. The highest BCUT2D eigenvalue weighted by Crippen LogP contribution is 2.29. The van der Waals surface area contributed by atoms with Crippen LogP contribution in [0.3, 0.4) is 0 Å². The molecule has 1 heterocycles. The molecular weight excluding hydrogens is 272 g/mol. The molecule has 96 valence electrons. The zero-order valence-electron chi connectivity index (χ0n) is 9.77. The van der Waals surface area contributed by atoms with E-state index in [1.54, 1.807) is 6.07 Å². The van der Waals surface area contributed by atoms with E-state index in [1.165, 1.54) is 0 Å². The normalized spacial score (nSPS) is 11.8. The summed E-state index contributed by atoms with van der Waals surface area (Å²) in [5.41, 5.74) is 4.67. The zero-order valence-corrected chi connectivity index (χ0v) is 11.3. The lowest BCUT2D eigenvalue weighted by Crippen LogP contribution is -2.36. The number of aromatic nitrogens is 2. The third-order valence-electron chi connectivity index (χ3n) is 2.25. The molecule has 0 aliphatic carbocycles. The number of nitrogens with zero attached hydrogens (tertiary/aromatic N) is 3. The standard InChI is InChI=1S/C10H13ClN6S/c1-2-5-13-10(15-12)14-8-6(11)3-4-7-9(8)17-18-16-7/h3-4H,2,5,12H2,1H3,(H2,13,14,15). The second-order valence-corrected chi connectivity index (χ2v) is 4.49. The van der Waals surface area contributed by atoms with Crippen LogP contribution in [0.5, 0.6) is 0 Å². The van der Waals surface area contributed by atoms with Crippen LogP contribution >= 0.6 is 23.3 Å². The van der Waals surface area contributed by atoms with Gasteiger partial charge in [-0.1, -0.05) is 18.5 Å². The van der Waals surface area contributed by atoms with Gasteiger partial charge in [0.25, 0.3) is 0 Å². The largest absolute Gasteiger partial charge is 0.322 e. The number of halogens is 1. The molecule has 0 bridgehead atoms. The molecule has 8 heteroatoms. The van der Waals surface area contributed by atoms with Gasteiger partial charge in [0.1, 0.15) is 11.0 Å². The zero-order chi connectivity index (χ0) is 13.0. The van der Waals surface area contributed by atoms with E-state index in [9.17, 15) is 0 Å². The molecule has 0 aliphatic heterocycles. The fourth-order valence-corrected chi connectivity index (χ4v) is 2.15. The van der Waals surface area contributed by atoms with Gasteiger partial charge < -0.3 is 5.32 Å². The highest BCUT2D eigenvalue weighted by molar-refractivity contribution is 7.00. The van der Waals surface area contributed by atoms with Crippen molar-refractivity contribution < 1.29 is 0 Å². The van der Waals surface area contributed by atoms with Crippen LogP contribution in [0.1, 0.15) is 13.3 Å². The molecule has 18 heavy (non-hydrogen) atoms. The first-order chi connectivity index (χ1) is 8.76. The fourth-order valence-electron chi connectivity index (χ4n) is 1.41. The van der Waals surface area contributed by atoms with E-state index in [0.29, 0.717) is 28.7 Å². The van der Waals surface area contributed by atoms with Crippen molar-refractivity contribution in [3.8, 4) is 0 Å². The molecule has 0 atom stereocenters. The predicted molar refractivity (Wildman–Crippen MR) is 76.0 cm³/mol. The maximum Gasteiger partial charge on any atom is 0.210 e. The Bertz CT molecular complexity index is 566. The van der Waals surface area contributed by atoms with Crippen LogP contribution < -0.4 is 16.6 Å². The number of rotatable bonds is 3. The van der Waals surface area contributed by atoms with Gasteiger partial charge in [-0.3, -0.25) is 10.4 Å². The van der Waals surface area contributed by atoms with Gasteiger partial charge in [0.05, 0.1) is 22.4 Å². The summed E-state index contributed by atoms with van der Waals surface area (Å²) in [5, 5.41) is 3.60. The summed E-state index contributed by atoms with van der Waals surface area (Å²) in [5.74, 6) is 5.87. The lowest BCUT2D eigenvalue weighted by Gasteiger charge is -2.10. The average molecular weight is 285 g/mol. The number of guanidine groups is 1. The molecule has 0 amide bonds. The molecule has 4 N–H and O–H groups in total. The van der Waals surface area contributed by atoms with Gasteiger partial charge >= 0.3 is 0 Å². The molecule has 6 nitrogen and oxygen atoms in total. The lowest BCUT2D eigenvalue weighted by atomic mass is 10.2. The quantitative estimate of drug-likeness (QED) is 0.347. The van der Waals surface area contributed by atoms with Crippen LogP contribution in [0.25, 0.3) is 11.0 Å². The van der Waals surface area contributed by atoms with Crippen LogP contribution in [0.2, 0.25) is 5.02 Å². The number of fused-ring (bicyclic) bond motifs is 1. The minimum absolute atomic E-state index is 0.458. The molecule has 0 saturated heterocycles. The second-order valence-electron chi connectivity index (χ2n) is 3.55. The van der Waals surface area contributed by atoms with Crippen molar-refractivity contribution in [2.45, 2.75) is 13.3 Å². The maximum atomic E-state index is 6.15. The minimum atomic E-state index is 0.458. The first-order valence-corrected chi connectivity index (χ1v) is 6.56. The van der Waals surface area contributed by atoms with E-state index in [4.69, 9.17) is 17.4 Å². The minimum Gasteiger partial charge on any atom is -0.322 e. The van der Waals surface area contributed by atoms with Crippen LogP contribution in [0.4, 0.5) is 5.69 Å². The Morgan fingerprint density at radius 2 is 2.33 bits per heavy atom. The van der Waals surface area contributed by atoms with Gasteiger partial charge in [-0.05, 0) is 18.6 Å². The van der Waals surface area contributed by atoms with Gasteiger partial charge in [0.2, 0.25) is 5.96 Å². The Morgan fingerprint density at radius 3 is 3.06 bits per heavy atom. The van der Waals surface area contributed by atoms with Gasteiger partial charge in [-0.2, -0.15) is 8.75 Å². The van der Waals surface area contributed by atoms with Gasteiger partial charge in [0, 0.05) is 6.54 Å². The first kappa shape index (κ1) is 13.0.